The van der Waals surface area contributed by atoms with E-state index in [0.29, 0.717) is 5.25 Å². The number of hydrogen-bond acceptors (Lipinski definition) is 3. The second kappa shape index (κ2) is 6.81. The van der Waals surface area contributed by atoms with Gasteiger partial charge in [0, 0.05) is 5.25 Å². The molecule has 0 aromatic heterocycles. The fourth-order valence-corrected chi connectivity index (χ4v) is 2.30. The maximum Gasteiger partial charge on any atom is 0.118 e. The van der Waals surface area contributed by atoms with Crippen molar-refractivity contribution < 1.29 is 9.84 Å². The van der Waals surface area contributed by atoms with Crippen molar-refractivity contribution in [1.82, 2.24) is 0 Å². The molecule has 1 aromatic carbocycles. The van der Waals surface area contributed by atoms with Crippen LogP contribution >= 0.6 is 11.8 Å². The molecule has 90 valence electrons. The molecule has 0 saturated carbocycles. The van der Waals surface area contributed by atoms with Crippen LogP contribution in [0, 0.1) is 0 Å². The van der Waals surface area contributed by atoms with E-state index in [1.54, 1.807) is 7.11 Å². The van der Waals surface area contributed by atoms with Crippen LogP contribution in [-0.2, 0) is 6.42 Å². The molecule has 0 aliphatic heterocycles. The van der Waals surface area contributed by atoms with Crippen molar-refractivity contribution in [2.45, 2.75) is 31.6 Å². The van der Waals surface area contributed by atoms with Crippen molar-refractivity contribution in [2.24, 2.45) is 0 Å². The van der Waals surface area contributed by atoms with Gasteiger partial charge in [-0.3, -0.25) is 0 Å². The van der Waals surface area contributed by atoms with Gasteiger partial charge in [0.15, 0.2) is 0 Å². The van der Waals surface area contributed by atoms with Gasteiger partial charge in [0.25, 0.3) is 0 Å². The third kappa shape index (κ3) is 4.45. The van der Waals surface area contributed by atoms with Crippen molar-refractivity contribution >= 4 is 11.8 Å². The van der Waals surface area contributed by atoms with Crippen LogP contribution in [0.2, 0.25) is 0 Å². The second-order valence-electron chi connectivity index (χ2n) is 3.91. The first-order valence-corrected chi connectivity index (χ1v) is 6.61. The number of aliphatic hydroxyl groups is 1. The maximum atomic E-state index is 9.35. The quantitative estimate of drug-likeness (QED) is 0.829. The van der Waals surface area contributed by atoms with E-state index in [1.165, 1.54) is 5.56 Å². The smallest absolute Gasteiger partial charge is 0.118 e. The van der Waals surface area contributed by atoms with Crippen LogP contribution in [0.25, 0.3) is 0 Å². The fourth-order valence-electron chi connectivity index (χ4n) is 1.29. The highest BCUT2D eigenvalue weighted by Gasteiger charge is 2.08. The molecule has 0 fully saturated rings. The molecule has 0 radical (unpaired) electrons. The van der Waals surface area contributed by atoms with Gasteiger partial charge in [-0.2, -0.15) is 11.8 Å². The van der Waals surface area contributed by atoms with E-state index >= 15 is 0 Å². The van der Waals surface area contributed by atoms with Crippen LogP contribution in [0.5, 0.6) is 5.75 Å². The number of aliphatic hydroxyl groups excluding tert-OH is 1. The highest BCUT2D eigenvalue weighted by molar-refractivity contribution is 7.99. The molecule has 0 heterocycles. The lowest BCUT2D eigenvalue weighted by Gasteiger charge is -2.13. The van der Waals surface area contributed by atoms with E-state index in [4.69, 9.17) is 4.74 Å². The van der Waals surface area contributed by atoms with Crippen LogP contribution in [0.3, 0.4) is 0 Å². The highest BCUT2D eigenvalue weighted by atomic mass is 32.2. The minimum Gasteiger partial charge on any atom is -0.497 e. The molecule has 0 saturated heterocycles. The molecule has 2 unspecified atom stereocenters. The summed E-state index contributed by atoms with van der Waals surface area (Å²) in [5.74, 6) is 1.94. The third-order valence-electron chi connectivity index (χ3n) is 2.61. The van der Waals surface area contributed by atoms with Crippen molar-refractivity contribution in [3.63, 3.8) is 0 Å². The van der Waals surface area contributed by atoms with Gasteiger partial charge in [-0.1, -0.05) is 19.1 Å². The van der Waals surface area contributed by atoms with Crippen LogP contribution < -0.4 is 4.74 Å². The van der Waals surface area contributed by atoms with E-state index in [9.17, 15) is 5.11 Å². The summed E-state index contributed by atoms with van der Waals surface area (Å²) in [6, 6.07) is 8.15. The summed E-state index contributed by atoms with van der Waals surface area (Å²) in [7, 11) is 1.68. The summed E-state index contributed by atoms with van der Waals surface area (Å²) in [6.45, 7) is 3.90. The van der Waals surface area contributed by atoms with E-state index in [2.05, 4.69) is 19.1 Å². The number of ether oxygens (including phenoxy) is 1. The van der Waals surface area contributed by atoms with Crippen molar-refractivity contribution in [3.8, 4) is 5.75 Å². The number of thioether (sulfide) groups is 1. The number of hydrogen-bond donors (Lipinski definition) is 1. The fraction of sp³-hybridized carbons (Fsp3) is 0.538. The lowest BCUT2D eigenvalue weighted by molar-refractivity contribution is 0.196. The zero-order valence-corrected chi connectivity index (χ0v) is 11.0. The van der Waals surface area contributed by atoms with Gasteiger partial charge in [-0.15, -0.1) is 0 Å². The maximum absolute atomic E-state index is 9.35. The monoisotopic (exact) mass is 240 g/mol. The molecule has 0 amide bonds. The molecule has 1 N–H and O–H groups in total. The molecule has 1 rings (SSSR count). The van der Waals surface area contributed by atoms with Crippen molar-refractivity contribution in [2.75, 3.05) is 12.9 Å². The van der Waals surface area contributed by atoms with E-state index in [1.807, 2.05) is 30.8 Å². The Morgan fingerprint density at radius 1 is 1.25 bits per heavy atom. The largest absolute Gasteiger partial charge is 0.497 e. The van der Waals surface area contributed by atoms with Gasteiger partial charge >= 0.3 is 0 Å². The van der Waals surface area contributed by atoms with Gasteiger partial charge in [0.1, 0.15) is 5.75 Å². The van der Waals surface area contributed by atoms with Crippen LogP contribution in [-0.4, -0.2) is 29.3 Å². The average molecular weight is 240 g/mol. The molecule has 16 heavy (non-hydrogen) atoms. The third-order valence-corrected chi connectivity index (χ3v) is 3.97. The summed E-state index contributed by atoms with van der Waals surface area (Å²) in [5, 5.41) is 9.65. The first-order valence-electron chi connectivity index (χ1n) is 5.56. The van der Waals surface area contributed by atoms with Gasteiger partial charge < -0.3 is 9.84 Å². The Balaban J connectivity index is 2.31. The number of methoxy groups -OCH3 is 1. The summed E-state index contributed by atoms with van der Waals surface area (Å²) < 4.78 is 5.11. The molecule has 0 bridgehead atoms. The van der Waals surface area contributed by atoms with Gasteiger partial charge in [0.2, 0.25) is 0 Å². The predicted molar refractivity (Wildman–Crippen MR) is 70.3 cm³/mol. The Morgan fingerprint density at radius 3 is 2.38 bits per heavy atom. The van der Waals surface area contributed by atoms with E-state index in [-0.39, 0.29) is 6.10 Å². The van der Waals surface area contributed by atoms with E-state index in [0.717, 1.165) is 17.9 Å². The van der Waals surface area contributed by atoms with E-state index < -0.39 is 0 Å². The van der Waals surface area contributed by atoms with Gasteiger partial charge in [0.05, 0.1) is 13.2 Å². The molecule has 1 aromatic rings. The summed E-state index contributed by atoms with van der Waals surface area (Å²) in [6.07, 6.45) is 0.798. The van der Waals surface area contributed by atoms with Crippen LogP contribution in [0.1, 0.15) is 19.4 Å². The molecule has 3 heteroatoms. The topological polar surface area (TPSA) is 29.5 Å². The Labute approximate surface area is 102 Å². The standard InChI is InChI=1S/C13H20O2S/c1-10(14)11(2)16-9-8-12-4-6-13(15-3)7-5-12/h4-7,10-11,14H,8-9H2,1-3H3. The molecular weight excluding hydrogens is 220 g/mol. The lowest BCUT2D eigenvalue weighted by atomic mass is 10.2. The molecular formula is C13H20O2S. The summed E-state index contributed by atoms with van der Waals surface area (Å²) in [4.78, 5) is 0. The van der Waals surface area contributed by atoms with Crippen molar-refractivity contribution in [3.05, 3.63) is 29.8 Å². The Hall–Kier alpha value is -0.670. The average Bonchev–Trinajstić information content (AvgIpc) is 2.29. The Morgan fingerprint density at radius 2 is 1.88 bits per heavy atom. The minimum absolute atomic E-state index is 0.235. The molecule has 0 spiro atoms. The number of rotatable bonds is 6. The predicted octanol–water partition coefficient (Wildman–Crippen LogP) is 2.74. The molecule has 0 aliphatic carbocycles. The molecule has 2 nitrogen and oxygen atoms in total. The Kier molecular flexibility index (Phi) is 5.71. The second-order valence-corrected chi connectivity index (χ2v) is 5.40. The molecule has 0 aliphatic rings. The summed E-state index contributed by atoms with van der Waals surface area (Å²) in [5.41, 5.74) is 1.31. The first-order chi connectivity index (χ1) is 7.63. The lowest BCUT2D eigenvalue weighted by Crippen LogP contribution is -2.15. The number of benzene rings is 1. The Bertz CT molecular complexity index is 295. The van der Waals surface area contributed by atoms with Crippen LogP contribution in [0.15, 0.2) is 24.3 Å². The zero-order valence-electron chi connectivity index (χ0n) is 10.1. The first kappa shape index (κ1) is 13.4. The highest BCUT2D eigenvalue weighted by Crippen LogP contribution is 2.17. The van der Waals surface area contributed by atoms with Gasteiger partial charge in [-0.05, 0) is 36.8 Å². The number of aryl methyl sites for hydroxylation is 1. The minimum atomic E-state index is -0.235. The zero-order chi connectivity index (χ0) is 12.0. The van der Waals surface area contributed by atoms with Crippen molar-refractivity contribution in [1.29, 1.82) is 0 Å². The van der Waals surface area contributed by atoms with Gasteiger partial charge in [-0.25, -0.2) is 0 Å². The normalized spacial score (nSPS) is 14.5. The summed E-state index contributed by atoms with van der Waals surface area (Å²) >= 11 is 1.81. The molecule has 2 atom stereocenters. The van der Waals surface area contributed by atoms with Crippen LogP contribution in [0.4, 0.5) is 0 Å². The SMILES string of the molecule is COc1ccc(CCSC(C)C(C)O)cc1.